The first-order chi connectivity index (χ1) is 7.77. The fourth-order valence-electron chi connectivity index (χ4n) is 1.11. The molecule has 6 heteroatoms. The van der Waals surface area contributed by atoms with Gasteiger partial charge in [0.25, 0.3) is 5.91 Å². The maximum atomic E-state index is 11.8. The highest BCUT2D eigenvalue weighted by Crippen LogP contribution is 2.14. The van der Waals surface area contributed by atoms with Gasteiger partial charge >= 0.3 is 0 Å². The largest absolute Gasteiger partial charge is 0.318 e. The molecule has 0 atom stereocenters. The molecule has 2 rings (SSSR count). The zero-order chi connectivity index (χ0) is 11.4. The molecule has 0 aliphatic heterocycles. The number of nitrogens with zero attached hydrogens (tertiary/aromatic N) is 3. The van der Waals surface area contributed by atoms with Crippen LogP contribution < -0.4 is 5.32 Å². The predicted molar refractivity (Wildman–Crippen MR) is 61.9 cm³/mol. The van der Waals surface area contributed by atoms with Crippen molar-refractivity contribution in [1.29, 1.82) is 0 Å². The molecule has 0 spiro atoms. The summed E-state index contributed by atoms with van der Waals surface area (Å²) >= 11 is 3.26. The van der Waals surface area contributed by atoms with Crippen molar-refractivity contribution in [1.82, 2.24) is 15.0 Å². The summed E-state index contributed by atoms with van der Waals surface area (Å²) < 4.78 is 0.643. The molecule has 0 aliphatic rings. The van der Waals surface area contributed by atoms with Crippen molar-refractivity contribution in [2.75, 3.05) is 5.32 Å². The normalized spacial score (nSPS) is 9.81. The average Bonchev–Trinajstić information content (AvgIpc) is 2.31. The summed E-state index contributed by atoms with van der Waals surface area (Å²) in [4.78, 5) is 23.3. The summed E-state index contributed by atoms with van der Waals surface area (Å²) in [6.07, 6.45) is 5.98. The smallest absolute Gasteiger partial charge is 0.275 e. The summed E-state index contributed by atoms with van der Waals surface area (Å²) in [7, 11) is 0. The van der Waals surface area contributed by atoms with E-state index in [2.05, 4.69) is 36.2 Å². The van der Waals surface area contributed by atoms with Crippen molar-refractivity contribution in [3.05, 3.63) is 47.2 Å². The van der Waals surface area contributed by atoms with Crippen molar-refractivity contribution in [2.24, 2.45) is 0 Å². The van der Waals surface area contributed by atoms with E-state index < -0.39 is 0 Å². The van der Waals surface area contributed by atoms with Gasteiger partial charge in [0.2, 0.25) is 0 Å². The molecule has 0 aromatic carbocycles. The number of hydrogen-bond donors (Lipinski definition) is 1. The first-order valence-electron chi connectivity index (χ1n) is 4.44. The summed E-state index contributed by atoms with van der Waals surface area (Å²) in [6.45, 7) is 0. The van der Waals surface area contributed by atoms with Crippen LogP contribution in [0.3, 0.4) is 0 Å². The van der Waals surface area contributed by atoms with Crippen LogP contribution in [-0.2, 0) is 0 Å². The van der Waals surface area contributed by atoms with Crippen LogP contribution in [0.25, 0.3) is 0 Å². The van der Waals surface area contributed by atoms with Gasteiger partial charge < -0.3 is 5.32 Å². The molecule has 0 fully saturated rings. The molecule has 80 valence electrons. The number of hydrogen-bond acceptors (Lipinski definition) is 4. The van der Waals surface area contributed by atoms with Crippen LogP contribution in [0.1, 0.15) is 10.5 Å². The number of halogens is 1. The SMILES string of the molecule is O=C(Nc1cncnc1)c1ncccc1Br. The van der Waals surface area contributed by atoms with E-state index in [1.54, 1.807) is 18.3 Å². The third kappa shape index (κ3) is 2.40. The standard InChI is InChI=1S/C10H7BrN4O/c11-8-2-1-3-14-9(8)10(16)15-7-4-12-6-13-5-7/h1-6H,(H,15,16). The molecule has 1 N–H and O–H groups in total. The van der Waals surface area contributed by atoms with Gasteiger partial charge in [-0.15, -0.1) is 0 Å². The van der Waals surface area contributed by atoms with Crippen LogP contribution in [0.4, 0.5) is 5.69 Å². The van der Waals surface area contributed by atoms with Gasteiger partial charge in [-0.25, -0.2) is 15.0 Å². The third-order valence-corrected chi connectivity index (χ3v) is 2.43. The van der Waals surface area contributed by atoms with Gasteiger partial charge in [0.05, 0.1) is 18.1 Å². The molecule has 0 aliphatic carbocycles. The molecule has 2 aromatic heterocycles. The van der Waals surface area contributed by atoms with E-state index in [-0.39, 0.29) is 5.91 Å². The number of carbonyl (C=O) groups excluding carboxylic acids is 1. The summed E-state index contributed by atoms with van der Waals surface area (Å²) in [5.41, 5.74) is 0.858. The van der Waals surface area contributed by atoms with E-state index in [0.717, 1.165) is 0 Å². The summed E-state index contributed by atoms with van der Waals surface area (Å²) in [6, 6.07) is 3.50. The number of pyridine rings is 1. The molecular weight excluding hydrogens is 272 g/mol. The lowest BCUT2D eigenvalue weighted by atomic mass is 10.3. The Labute approximate surface area is 100 Å². The second kappa shape index (κ2) is 4.80. The van der Waals surface area contributed by atoms with E-state index in [1.165, 1.54) is 18.7 Å². The highest BCUT2D eigenvalue weighted by molar-refractivity contribution is 9.10. The minimum absolute atomic E-state index is 0.303. The van der Waals surface area contributed by atoms with E-state index >= 15 is 0 Å². The van der Waals surface area contributed by atoms with Gasteiger partial charge in [-0.05, 0) is 28.1 Å². The predicted octanol–water partition coefficient (Wildman–Crippen LogP) is 1.89. The second-order valence-electron chi connectivity index (χ2n) is 2.92. The van der Waals surface area contributed by atoms with Crippen LogP contribution in [0, 0.1) is 0 Å². The van der Waals surface area contributed by atoms with E-state index in [9.17, 15) is 4.79 Å². The van der Waals surface area contributed by atoms with Crippen molar-refractivity contribution in [3.8, 4) is 0 Å². The Kier molecular flexibility index (Phi) is 3.21. The van der Waals surface area contributed by atoms with Crippen LogP contribution in [0.5, 0.6) is 0 Å². The molecule has 5 nitrogen and oxygen atoms in total. The van der Waals surface area contributed by atoms with Crippen molar-refractivity contribution < 1.29 is 4.79 Å². The van der Waals surface area contributed by atoms with Gasteiger partial charge in [0.1, 0.15) is 12.0 Å². The van der Waals surface area contributed by atoms with Crippen LogP contribution >= 0.6 is 15.9 Å². The van der Waals surface area contributed by atoms with E-state index in [1.807, 2.05) is 0 Å². The Morgan fingerprint density at radius 1 is 1.31 bits per heavy atom. The molecule has 0 bridgehead atoms. The van der Waals surface area contributed by atoms with Crippen LogP contribution in [-0.4, -0.2) is 20.9 Å². The first-order valence-corrected chi connectivity index (χ1v) is 5.23. The van der Waals surface area contributed by atoms with Gasteiger partial charge in [-0.1, -0.05) is 0 Å². The zero-order valence-electron chi connectivity index (χ0n) is 8.09. The highest BCUT2D eigenvalue weighted by Gasteiger charge is 2.10. The lowest BCUT2D eigenvalue weighted by Crippen LogP contribution is -2.14. The molecule has 0 saturated carbocycles. The molecule has 2 aromatic rings. The van der Waals surface area contributed by atoms with Gasteiger partial charge in [-0.2, -0.15) is 0 Å². The minimum Gasteiger partial charge on any atom is -0.318 e. The molecule has 2 heterocycles. The third-order valence-electron chi connectivity index (χ3n) is 1.79. The molecule has 0 unspecified atom stereocenters. The maximum Gasteiger partial charge on any atom is 0.275 e. The fourth-order valence-corrected chi connectivity index (χ4v) is 1.54. The highest BCUT2D eigenvalue weighted by atomic mass is 79.9. The lowest BCUT2D eigenvalue weighted by Gasteiger charge is -2.04. The van der Waals surface area contributed by atoms with Crippen molar-refractivity contribution in [3.63, 3.8) is 0 Å². The topological polar surface area (TPSA) is 67.8 Å². The number of aromatic nitrogens is 3. The number of amides is 1. The van der Waals surface area contributed by atoms with Crippen LogP contribution in [0.2, 0.25) is 0 Å². The molecule has 1 amide bonds. The van der Waals surface area contributed by atoms with Gasteiger partial charge in [0, 0.05) is 10.7 Å². The van der Waals surface area contributed by atoms with Crippen molar-refractivity contribution in [2.45, 2.75) is 0 Å². The molecule has 0 radical (unpaired) electrons. The summed E-state index contributed by atoms with van der Waals surface area (Å²) in [5.74, 6) is -0.303. The van der Waals surface area contributed by atoms with E-state index in [0.29, 0.717) is 15.9 Å². The molecule has 16 heavy (non-hydrogen) atoms. The minimum atomic E-state index is -0.303. The average molecular weight is 279 g/mol. The number of nitrogens with one attached hydrogen (secondary N) is 1. The number of anilines is 1. The Bertz CT molecular complexity index is 503. The monoisotopic (exact) mass is 278 g/mol. The van der Waals surface area contributed by atoms with Gasteiger partial charge in [-0.3, -0.25) is 4.79 Å². The zero-order valence-corrected chi connectivity index (χ0v) is 9.68. The van der Waals surface area contributed by atoms with Crippen LogP contribution in [0.15, 0.2) is 41.5 Å². The number of carbonyl (C=O) groups is 1. The first kappa shape index (κ1) is 10.7. The fraction of sp³-hybridized carbons (Fsp3) is 0. The Morgan fingerprint density at radius 3 is 2.75 bits per heavy atom. The number of rotatable bonds is 2. The Hall–Kier alpha value is -1.82. The Balaban J connectivity index is 2.19. The maximum absolute atomic E-state index is 11.8. The quantitative estimate of drug-likeness (QED) is 0.911. The Morgan fingerprint density at radius 2 is 2.06 bits per heavy atom. The van der Waals surface area contributed by atoms with Crippen molar-refractivity contribution >= 4 is 27.5 Å². The lowest BCUT2D eigenvalue weighted by molar-refractivity contribution is 0.102. The molecule has 0 saturated heterocycles. The second-order valence-corrected chi connectivity index (χ2v) is 3.77. The summed E-state index contributed by atoms with van der Waals surface area (Å²) in [5, 5.41) is 2.64. The van der Waals surface area contributed by atoms with E-state index in [4.69, 9.17) is 0 Å². The molecular formula is C10H7BrN4O. The van der Waals surface area contributed by atoms with Gasteiger partial charge in [0.15, 0.2) is 0 Å².